The zero-order valence-electron chi connectivity index (χ0n) is 17.6. The van der Waals surface area contributed by atoms with Crippen LogP contribution in [-0.2, 0) is 22.7 Å². The standard InChI is InChI=1S/C22H17F3N4O3S2/c1-13-9-10-15(21(30)26-12-14-5-2-3-6-16(14)22(23,24)25)18(11-13)29-34(31,32)19-8-4-7-17-20(19)28-33-27-17/h2-11,29H,12H2,1H3,(H,26,30). The van der Waals surface area contributed by atoms with Crippen molar-refractivity contribution in [1.29, 1.82) is 0 Å². The maximum absolute atomic E-state index is 13.2. The zero-order chi connectivity index (χ0) is 24.5. The van der Waals surface area contributed by atoms with E-state index in [0.717, 1.165) is 17.8 Å². The third-order valence-electron chi connectivity index (χ3n) is 4.96. The lowest BCUT2D eigenvalue weighted by atomic mass is 10.1. The van der Waals surface area contributed by atoms with Crippen LogP contribution in [0.15, 0.2) is 65.6 Å². The average Bonchev–Trinajstić information content (AvgIpc) is 3.26. The number of aryl methyl sites for hydroxylation is 1. The number of hydrogen-bond donors (Lipinski definition) is 2. The monoisotopic (exact) mass is 506 g/mol. The van der Waals surface area contributed by atoms with E-state index in [9.17, 15) is 26.4 Å². The molecule has 0 bridgehead atoms. The summed E-state index contributed by atoms with van der Waals surface area (Å²) in [4.78, 5) is 12.8. The van der Waals surface area contributed by atoms with Gasteiger partial charge in [-0.15, -0.1) is 0 Å². The van der Waals surface area contributed by atoms with E-state index in [2.05, 4.69) is 18.8 Å². The van der Waals surface area contributed by atoms with Crippen LogP contribution in [0.1, 0.15) is 27.0 Å². The lowest BCUT2D eigenvalue weighted by molar-refractivity contribution is -0.138. The van der Waals surface area contributed by atoms with Crippen LogP contribution < -0.4 is 10.0 Å². The third kappa shape index (κ3) is 4.87. The van der Waals surface area contributed by atoms with E-state index < -0.39 is 34.2 Å². The number of sulfonamides is 1. The summed E-state index contributed by atoms with van der Waals surface area (Å²) in [5.74, 6) is -0.733. The van der Waals surface area contributed by atoms with E-state index in [4.69, 9.17) is 0 Å². The van der Waals surface area contributed by atoms with Crippen LogP contribution in [0.2, 0.25) is 0 Å². The molecule has 7 nitrogen and oxygen atoms in total. The highest BCUT2D eigenvalue weighted by Crippen LogP contribution is 2.32. The predicted molar refractivity (Wildman–Crippen MR) is 122 cm³/mol. The van der Waals surface area contributed by atoms with E-state index in [1.165, 1.54) is 42.5 Å². The molecule has 0 fully saturated rings. The summed E-state index contributed by atoms with van der Waals surface area (Å²) in [6.45, 7) is 1.32. The van der Waals surface area contributed by atoms with Gasteiger partial charge in [0.15, 0.2) is 0 Å². The van der Waals surface area contributed by atoms with Gasteiger partial charge in [0.25, 0.3) is 15.9 Å². The number of halogens is 3. The number of rotatable bonds is 6. The van der Waals surface area contributed by atoms with E-state index in [1.54, 1.807) is 19.1 Å². The van der Waals surface area contributed by atoms with Crippen molar-refractivity contribution in [2.24, 2.45) is 0 Å². The molecule has 0 unspecified atom stereocenters. The third-order valence-corrected chi connectivity index (χ3v) is 6.90. The van der Waals surface area contributed by atoms with Crippen molar-refractivity contribution in [3.8, 4) is 0 Å². The Hall–Kier alpha value is -3.51. The van der Waals surface area contributed by atoms with Crippen LogP contribution in [0.25, 0.3) is 11.0 Å². The first-order valence-electron chi connectivity index (χ1n) is 9.84. The highest BCUT2D eigenvalue weighted by atomic mass is 32.2. The fourth-order valence-corrected chi connectivity index (χ4v) is 5.20. The largest absolute Gasteiger partial charge is 0.416 e. The number of fused-ring (bicyclic) bond motifs is 1. The normalized spacial score (nSPS) is 12.0. The summed E-state index contributed by atoms with van der Waals surface area (Å²) in [6, 6.07) is 13.9. The molecule has 1 amide bonds. The van der Waals surface area contributed by atoms with Gasteiger partial charge < -0.3 is 5.32 Å². The predicted octanol–water partition coefficient (Wildman–Crippen LogP) is 4.75. The molecule has 0 aliphatic heterocycles. The fraction of sp³-hybridized carbons (Fsp3) is 0.136. The van der Waals surface area contributed by atoms with Gasteiger partial charge in [0, 0.05) is 6.54 Å². The second kappa shape index (κ2) is 9.03. The Balaban J connectivity index is 1.62. The first-order chi connectivity index (χ1) is 16.1. The minimum Gasteiger partial charge on any atom is -0.348 e. The molecule has 34 heavy (non-hydrogen) atoms. The number of anilines is 1. The van der Waals surface area contributed by atoms with Crippen LogP contribution in [0, 0.1) is 6.92 Å². The molecule has 0 saturated carbocycles. The second-order valence-corrected chi connectivity index (χ2v) is 9.56. The Labute approximate surface area is 197 Å². The number of amides is 1. The number of carbonyl (C=O) groups excluding carboxylic acids is 1. The maximum Gasteiger partial charge on any atom is 0.416 e. The highest BCUT2D eigenvalue weighted by molar-refractivity contribution is 7.93. The second-order valence-electron chi connectivity index (χ2n) is 7.38. The summed E-state index contributed by atoms with van der Waals surface area (Å²) in [5, 5.41) is 2.44. The molecule has 0 radical (unpaired) electrons. The molecule has 2 N–H and O–H groups in total. The van der Waals surface area contributed by atoms with E-state index >= 15 is 0 Å². The van der Waals surface area contributed by atoms with Crippen molar-refractivity contribution in [2.45, 2.75) is 24.5 Å². The van der Waals surface area contributed by atoms with Crippen LogP contribution in [0.5, 0.6) is 0 Å². The van der Waals surface area contributed by atoms with Crippen LogP contribution in [0.3, 0.4) is 0 Å². The van der Waals surface area contributed by atoms with Crippen LogP contribution in [-0.4, -0.2) is 23.1 Å². The molecule has 0 aliphatic rings. The van der Waals surface area contributed by atoms with Gasteiger partial charge in [-0.2, -0.15) is 21.9 Å². The zero-order valence-corrected chi connectivity index (χ0v) is 19.2. The molecule has 4 aromatic rings. The lowest BCUT2D eigenvalue weighted by Crippen LogP contribution is -2.26. The first-order valence-corrected chi connectivity index (χ1v) is 12.1. The molecule has 176 valence electrons. The van der Waals surface area contributed by atoms with Crippen molar-refractivity contribution in [2.75, 3.05) is 4.72 Å². The summed E-state index contributed by atoms with van der Waals surface area (Å²) in [5.41, 5.74) is 0.264. The van der Waals surface area contributed by atoms with Crippen molar-refractivity contribution < 1.29 is 26.4 Å². The van der Waals surface area contributed by atoms with Crippen molar-refractivity contribution in [1.82, 2.24) is 14.1 Å². The molecule has 0 saturated heterocycles. The van der Waals surface area contributed by atoms with Gasteiger partial charge in [-0.3, -0.25) is 9.52 Å². The molecule has 1 aromatic heterocycles. The number of hydrogen-bond acceptors (Lipinski definition) is 6. The van der Waals surface area contributed by atoms with Gasteiger partial charge in [0.05, 0.1) is 28.5 Å². The Morgan fingerprint density at radius 3 is 2.56 bits per heavy atom. The van der Waals surface area contributed by atoms with Gasteiger partial charge in [-0.05, 0) is 48.4 Å². The minimum atomic E-state index is -4.57. The van der Waals surface area contributed by atoms with Gasteiger partial charge >= 0.3 is 6.18 Å². The molecule has 0 spiro atoms. The number of benzene rings is 3. The summed E-state index contributed by atoms with van der Waals surface area (Å²) in [7, 11) is -4.15. The Bertz CT molecular complexity index is 1480. The van der Waals surface area contributed by atoms with Gasteiger partial charge in [0.1, 0.15) is 15.9 Å². The van der Waals surface area contributed by atoms with E-state index in [0.29, 0.717) is 11.1 Å². The number of carbonyl (C=O) groups is 1. The molecular formula is C22H17F3N4O3S2. The van der Waals surface area contributed by atoms with Crippen molar-refractivity contribution >= 4 is 44.4 Å². The Morgan fingerprint density at radius 2 is 1.79 bits per heavy atom. The van der Waals surface area contributed by atoms with Crippen LogP contribution in [0.4, 0.5) is 18.9 Å². The van der Waals surface area contributed by atoms with Crippen molar-refractivity contribution in [3.05, 3.63) is 82.9 Å². The Morgan fingerprint density at radius 1 is 1.03 bits per heavy atom. The van der Waals surface area contributed by atoms with Gasteiger partial charge in [-0.25, -0.2) is 8.42 Å². The topological polar surface area (TPSA) is 101 Å². The lowest BCUT2D eigenvalue weighted by Gasteiger charge is -2.16. The quantitative estimate of drug-likeness (QED) is 0.393. The van der Waals surface area contributed by atoms with Gasteiger partial charge in [-0.1, -0.05) is 30.3 Å². The molecule has 4 rings (SSSR count). The molecule has 0 atom stereocenters. The molecule has 12 heteroatoms. The van der Waals surface area contributed by atoms with E-state index in [1.807, 2.05) is 0 Å². The maximum atomic E-state index is 13.2. The first kappa shape index (κ1) is 23.6. The average molecular weight is 507 g/mol. The van der Waals surface area contributed by atoms with Gasteiger partial charge in [0.2, 0.25) is 0 Å². The number of nitrogens with one attached hydrogen (secondary N) is 2. The minimum absolute atomic E-state index is 0.0122. The molecular weight excluding hydrogens is 489 g/mol. The summed E-state index contributed by atoms with van der Waals surface area (Å²) >= 11 is 0.871. The highest BCUT2D eigenvalue weighted by Gasteiger charge is 2.33. The molecule has 3 aromatic carbocycles. The van der Waals surface area contributed by atoms with E-state index in [-0.39, 0.29) is 27.2 Å². The smallest absolute Gasteiger partial charge is 0.348 e. The number of aromatic nitrogens is 2. The number of nitrogens with zero attached hydrogens (tertiary/aromatic N) is 2. The van der Waals surface area contributed by atoms with Crippen LogP contribution >= 0.6 is 11.7 Å². The van der Waals surface area contributed by atoms with Crippen molar-refractivity contribution in [3.63, 3.8) is 0 Å². The SMILES string of the molecule is Cc1ccc(C(=O)NCc2ccccc2C(F)(F)F)c(NS(=O)(=O)c2cccc3nsnc23)c1. The number of alkyl halides is 3. The Kier molecular flexibility index (Phi) is 6.28. The fourth-order valence-electron chi connectivity index (χ4n) is 3.36. The molecule has 1 heterocycles. The summed E-state index contributed by atoms with van der Waals surface area (Å²) < 4.78 is 76.4. The molecule has 0 aliphatic carbocycles. The summed E-state index contributed by atoms with van der Waals surface area (Å²) in [6.07, 6.45) is -4.57.